The second-order valence-electron chi connectivity index (χ2n) is 4.35. The van der Waals surface area contributed by atoms with E-state index < -0.39 is 5.97 Å². The van der Waals surface area contributed by atoms with Gasteiger partial charge < -0.3 is 16.6 Å². The van der Waals surface area contributed by atoms with Gasteiger partial charge in [0, 0.05) is 6.92 Å². The van der Waals surface area contributed by atoms with Crippen LogP contribution in [-0.4, -0.2) is 36.8 Å². The van der Waals surface area contributed by atoms with E-state index in [9.17, 15) is 9.59 Å². The van der Waals surface area contributed by atoms with Crippen LogP contribution in [0.1, 0.15) is 39.3 Å². The molecule has 2 aromatic heterocycles. The Kier molecular flexibility index (Phi) is 5.44. The number of rotatable bonds is 2. The standard InChI is InChI=1S/C7H9N3O.C6H7N3O2/c1-4-3-9-7(8)6(10-4)5(2)11;1-3-2-8-5(7)4(9-3)6(10)11/h3H,1-2H3,(H2,8,9);2H,1H3,(H2,7,8)(H,10,11). The maximum Gasteiger partial charge on any atom is 0.358 e. The van der Waals surface area contributed by atoms with Gasteiger partial charge in [-0.25, -0.2) is 24.7 Å². The molecule has 2 aromatic rings. The number of aromatic carboxylic acids is 1. The zero-order valence-electron chi connectivity index (χ0n) is 12.4. The van der Waals surface area contributed by atoms with Gasteiger partial charge in [-0.1, -0.05) is 0 Å². The normalized spacial score (nSPS) is 9.59. The van der Waals surface area contributed by atoms with E-state index >= 15 is 0 Å². The number of nitrogens with zero attached hydrogens (tertiary/aromatic N) is 4. The van der Waals surface area contributed by atoms with Gasteiger partial charge in [0.1, 0.15) is 5.69 Å². The number of Topliss-reactive ketones (excluding diaryl/α,β-unsaturated/α-hetero) is 1. The van der Waals surface area contributed by atoms with Crippen molar-refractivity contribution in [2.75, 3.05) is 11.5 Å². The van der Waals surface area contributed by atoms with Crippen molar-refractivity contribution in [2.24, 2.45) is 0 Å². The molecule has 9 heteroatoms. The maximum absolute atomic E-state index is 10.8. The molecule has 22 heavy (non-hydrogen) atoms. The van der Waals surface area contributed by atoms with Crippen LogP contribution in [0.25, 0.3) is 0 Å². The molecule has 116 valence electrons. The van der Waals surface area contributed by atoms with E-state index in [4.69, 9.17) is 16.6 Å². The smallest absolute Gasteiger partial charge is 0.358 e. The minimum Gasteiger partial charge on any atom is -0.476 e. The Morgan fingerprint density at radius 2 is 1.36 bits per heavy atom. The van der Waals surface area contributed by atoms with E-state index in [1.807, 2.05) is 0 Å². The summed E-state index contributed by atoms with van der Waals surface area (Å²) in [6.45, 7) is 4.83. The first-order valence-electron chi connectivity index (χ1n) is 6.14. The lowest BCUT2D eigenvalue weighted by molar-refractivity contribution is 0.0691. The van der Waals surface area contributed by atoms with Crippen molar-refractivity contribution in [1.29, 1.82) is 0 Å². The molecule has 0 aliphatic heterocycles. The number of hydrogen-bond donors (Lipinski definition) is 3. The van der Waals surface area contributed by atoms with E-state index in [1.54, 1.807) is 13.8 Å². The van der Waals surface area contributed by atoms with Crippen molar-refractivity contribution in [1.82, 2.24) is 19.9 Å². The van der Waals surface area contributed by atoms with E-state index in [0.717, 1.165) is 0 Å². The summed E-state index contributed by atoms with van der Waals surface area (Å²) in [5.74, 6) is -1.16. The fraction of sp³-hybridized carbons (Fsp3) is 0.231. The van der Waals surface area contributed by atoms with Gasteiger partial charge in [-0.3, -0.25) is 4.79 Å². The lowest BCUT2D eigenvalue weighted by Crippen LogP contribution is -2.08. The van der Waals surface area contributed by atoms with Gasteiger partial charge in [0.25, 0.3) is 0 Å². The number of nitrogens with two attached hydrogens (primary N) is 2. The van der Waals surface area contributed by atoms with Crippen molar-refractivity contribution < 1.29 is 14.7 Å². The molecule has 5 N–H and O–H groups in total. The van der Waals surface area contributed by atoms with Gasteiger partial charge in [-0.2, -0.15) is 0 Å². The second-order valence-corrected chi connectivity index (χ2v) is 4.35. The zero-order valence-corrected chi connectivity index (χ0v) is 12.4. The monoisotopic (exact) mass is 304 g/mol. The summed E-state index contributed by atoms with van der Waals surface area (Å²) in [7, 11) is 0. The minimum absolute atomic E-state index is 0.0527. The third-order valence-electron chi connectivity index (χ3n) is 2.38. The van der Waals surface area contributed by atoms with Crippen LogP contribution in [0.2, 0.25) is 0 Å². The Morgan fingerprint density at radius 1 is 0.955 bits per heavy atom. The van der Waals surface area contributed by atoms with E-state index in [0.29, 0.717) is 11.4 Å². The van der Waals surface area contributed by atoms with Gasteiger partial charge in [0.15, 0.2) is 23.1 Å². The van der Waals surface area contributed by atoms with Crippen LogP contribution in [0.4, 0.5) is 11.6 Å². The Hall–Kier alpha value is -3.10. The molecule has 0 amide bonds. The van der Waals surface area contributed by atoms with Crippen LogP contribution in [0.15, 0.2) is 12.4 Å². The summed E-state index contributed by atoms with van der Waals surface area (Å²) in [5, 5.41) is 8.51. The number of aromatic nitrogens is 4. The highest BCUT2D eigenvalue weighted by Gasteiger charge is 2.10. The molecule has 9 nitrogen and oxygen atoms in total. The lowest BCUT2D eigenvalue weighted by Gasteiger charge is -1.99. The predicted molar refractivity (Wildman–Crippen MR) is 79.3 cm³/mol. The Labute approximate surface area is 126 Å². The number of ketones is 1. The van der Waals surface area contributed by atoms with Gasteiger partial charge >= 0.3 is 5.97 Å². The van der Waals surface area contributed by atoms with Crippen LogP contribution in [0.3, 0.4) is 0 Å². The molecule has 0 radical (unpaired) electrons. The average Bonchev–Trinajstić information content (AvgIpc) is 2.44. The summed E-state index contributed by atoms with van der Waals surface area (Å²) >= 11 is 0. The fourth-order valence-electron chi connectivity index (χ4n) is 1.39. The van der Waals surface area contributed by atoms with Crippen LogP contribution < -0.4 is 11.5 Å². The number of nitrogen functional groups attached to an aromatic ring is 2. The number of hydrogen-bond acceptors (Lipinski definition) is 8. The highest BCUT2D eigenvalue weighted by molar-refractivity contribution is 5.96. The Morgan fingerprint density at radius 3 is 1.68 bits per heavy atom. The first kappa shape index (κ1) is 17.0. The molecule has 0 aliphatic rings. The Bertz CT molecular complexity index is 655. The third-order valence-corrected chi connectivity index (χ3v) is 2.38. The molecule has 0 aromatic carbocycles. The zero-order chi connectivity index (χ0) is 16.9. The van der Waals surface area contributed by atoms with Gasteiger partial charge in [-0.15, -0.1) is 0 Å². The second kappa shape index (κ2) is 7.07. The van der Waals surface area contributed by atoms with Crippen LogP contribution in [-0.2, 0) is 0 Å². The SMILES string of the molecule is CC(=O)c1nc(C)cnc1N.Cc1cnc(N)c(C(=O)O)n1. The quantitative estimate of drug-likeness (QED) is 0.676. The van der Waals surface area contributed by atoms with Crippen LogP contribution in [0, 0.1) is 13.8 Å². The molecule has 2 rings (SSSR count). The van der Waals surface area contributed by atoms with Crippen LogP contribution >= 0.6 is 0 Å². The highest BCUT2D eigenvalue weighted by Crippen LogP contribution is 2.05. The number of carboxylic acids is 1. The summed E-state index contributed by atoms with van der Waals surface area (Å²) in [5.41, 5.74) is 11.9. The van der Waals surface area contributed by atoms with Crippen molar-refractivity contribution >= 4 is 23.4 Å². The van der Waals surface area contributed by atoms with E-state index in [-0.39, 0.29) is 28.8 Å². The largest absolute Gasteiger partial charge is 0.476 e. The molecule has 0 bridgehead atoms. The molecule has 0 saturated carbocycles. The minimum atomic E-state index is -1.15. The predicted octanol–water partition coefficient (Wildman–Crippen LogP) is 0.635. The molecule has 0 atom stereocenters. The van der Waals surface area contributed by atoms with E-state index in [1.165, 1.54) is 19.3 Å². The van der Waals surface area contributed by atoms with Crippen LogP contribution in [0.5, 0.6) is 0 Å². The number of carboxylic acid groups (broad SMARTS) is 1. The average molecular weight is 304 g/mol. The van der Waals surface area contributed by atoms with Gasteiger partial charge in [0.2, 0.25) is 0 Å². The summed E-state index contributed by atoms with van der Waals surface area (Å²) in [4.78, 5) is 36.3. The number of anilines is 2. The number of aryl methyl sites for hydroxylation is 2. The maximum atomic E-state index is 10.8. The molecule has 0 aliphatic carbocycles. The number of carbonyl (C=O) groups is 2. The number of carbonyl (C=O) groups excluding carboxylic acids is 1. The lowest BCUT2D eigenvalue weighted by atomic mass is 10.3. The van der Waals surface area contributed by atoms with Gasteiger partial charge in [-0.05, 0) is 13.8 Å². The van der Waals surface area contributed by atoms with Crippen molar-refractivity contribution in [3.8, 4) is 0 Å². The molecule has 0 spiro atoms. The van der Waals surface area contributed by atoms with Crippen molar-refractivity contribution in [3.63, 3.8) is 0 Å². The van der Waals surface area contributed by atoms with E-state index in [2.05, 4.69) is 19.9 Å². The molecule has 2 heterocycles. The van der Waals surface area contributed by atoms with Gasteiger partial charge in [0.05, 0.1) is 23.8 Å². The molecular formula is C13H16N6O3. The third kappa shape index (κ3) is 4.47. The molecular weight excluding hydrogens is 288 g/mol. The molecule has 0 unspecified atom stereocenters. The van der Waals surface area contributed by atoms with Crippen molar-refractivity contribution in [3.05, 3.63) is 35.2 Å². The first-order valence-corrected chi connectivity index (χ1v) is 6.14. The fourth-order valence-corrected chi connectivity index (χ4v) is 1.39. The summed E-state index contributed by atoms with van der Waals surface area (Å²) in [6.07, 6.45) is 2.95. The summed E-state index contributed by atoms with van der Waals surface area (Å²) < 4.78 is 0. The Balaban J connectivity index is 0.000000220. The first-order chi connectivity index (χ1) is 10.2. The highest BCUT2D eigenvalue weighted by atomic mass is 16.4. The topological polar surface area (TPSA) is 158 Å². The summed E-state index contributed by atoms with van der Waals surface area (Å²) in [6, 6.07) is 0. The van der Waals surface area contributed by atoms with Crippen molar-refractivity contribution in [2.45, 2.75) is 20.8 Å². The molecule has 0 fully saturated rings. The molecule has 0 saturated heterocycles.